The first-order valence-electron chi connectivity index (χ1n) is 14.0. The molecule has 9 nitrogen and oxygen atoms in total. The molecule has 2 aliphatic heterocycles. The molecule has 0 atom stereocenters. The molecule has 0 saturated carbocycles. The van der Waals surface area contributed by atoms with Gasteiger partial charge in [-0.2, -0.15) is 0 Å². The molecule has 0 aliphatic carbocycles. The topological polar surface area (TPSA) is 105 Å². The maximum Gasteiger partial charge on any atom is 0.270 e. The molecule has 1 amide bonds. The lowest BCUT2D eigenvalue weighted by Gasteiger charge is -2.16. The SMILES string of the molecule is Cn1cnc(-c2ccc(N/C(=C3\C(=O)Nc4ccc([N+](=O)[O-])cc43)c3ccc(CCCN4CCCC4)cc3)cc2)c1. The van der Waals surface area contributed by atoms with E-state index in [0.29, 0.717) is 22.5 Å². The van der Waals surface area contributed by atoms with Gasteiger partial charge >= 0.3 is 0 Å². The molecule has 0 radical (unpaired) electrons. The van der Waals surface area contributed by atoms with Crippen molar-refractivity contribution in [1.29, 1.82) is 0 Å². The molecule has 2 N–H and O–H groups in total. The van der Waals surface area contributed by atoms with E-state index in [2.05, 4.69) is 32.7 Å². The normalized spacial score (nSPS) is 16.0. The van der Waals surface area contributed by atoms with Crippen molar-refractivity contribution in [2.45, 2.75) is 25.7 Å². The number of nitro benzene ring substituents is 1. The van der Waals surface area contributed by atoms with Crippen molar-refractivity contribution in [1.82, 2.24) is 14.5 Å². The van der Waals surface area contributed by atoms with Crippen LogP contribution in [0.2, 0.25) is 0 Å². The van der Waals surface area contributed by atoms with Gasteiger partial charge in [0.1, 0.15) is 0 Å². The molecule has 3 aromatic carbocycles. The van der Waals surface area contributed by atoms with Crippen LogP contribution < -0.4 is 10.6 Å². The number of anilines is 2. The highest BCUT2D eigenvalue weighted by molar-refractivity contribution is 6.37. The predicted octanol–water partition coefficient (Wildman–Crippen LogP) is 5.96. The maximum atomic E-state index is 13.3. The van der Waals surface area contributed by atoms with Crippen LogP contribution >= 0.6 is 0 Å². The minimum absolute atomic E-state index is 0.0647. The fourth-order valence-electron chi connectivity index (χ4n) is 5.58. The largest absolute Gasteiger partial charge is 0.354 e. The van der Waals surface area contributed by atoms with Crippen LogP contribution in [0.5, 0.6) is 0 Å². The molecule has 1 fully saturated rings. The van der Waals surface area contributed by atoms with Crippen LogP contribution in [0.25, 0.3) is 22.5 Å². The van der Waals surface area contributed by atoms with Crippen molar-refractivity contribution in [3.05, 3.63) is 106 Å². The number of nitrogens with one attached hydrogen (secondary N) is 2. The summed E-state index contributed by atoms with van der Waals surface area (Å²) in [6.07, 6.45) is 8.40. The smallest absolute Gasteiger partial charge is 0.270 e. The number of nitrogens with zero attached hydrogens (tertiary/aromatic N) is 4. The van der Waals surface area contributed by atoms with E-state index in [4.69, 9.17) is 0 Å². The molecule has 3 heterocycles. The van der Waals surface area contributed by atoms with Crippen LogP contribution in [-0.2, 0) is 18.3 Å². The zero-order valence-corrected chi connectivity index (χ0v) is 23.0. The van der Waals surface area contributed by atoms with Crippen LogP contribution in [-0.4, -0.2) is 44.9 Å². The zero-order valence-electron chi connectivity index (χ0n) is 23.0. The molecular weight excluding hydrogens is 516 g/mol. The van der Waals surface area contributed by atoms with Crippen LogP contribution in [0, 0.1) is 10.1 Å². The van der Waals surface area contributed by atoms with E-state index in [9.17, 15) is 14.9 Å². The Balaban J connectivity index is 1.33. The summed E-state index contributed by atoms with van der Waals surface area (Å²) in [4.78, 5) is 31.3. The summed E-state index contributed by atoms with van der Waals surface area (Å²) in [7, 11) is 1.93. The van der Waals surface area contributed by atoms with E-state index < -0.39 is 4.92 Å². The number of rotatable bonds is 9. The van der Waals surface area contributed by atoms with Gasteiger partial charge in [-0.1, -0.05) is 36.4 Å². The van der Waals surface area contributed by atoms with Gasteiger partial charge in [0.05, 0.1) is 28.2 Å². The van der Waals surface area contributed by atoms with Gasteiger partial charge < -0.3 is 20.1 Å². The number of hydrogen-bond donors (Lipinski definition) is 2. The van der Waals surface area contributed by atoms with Gasteiger partial charge in [0.2, 0.25) is 0 Å². The average molecular weight is 549 g/mol. The van der Waals surface area contributed by atoms with E-state index in [-0.39, 0.29) is 11.6 Å². The van der Waals surface area contributed by atoms with Crippen molar-refractivity contribution >= 4 is 34.2 Å². The predicted molar refractivity (Wildman–Crippen MR) is 161 cm³/mol. The molecular formula is C32H32N6O3. The highest BCUT2D eigenvalue weighted by Gasteiger charge is 2.30. The number of non-ortho nitro benzene ring substituents is 1. The molecule has 2 aliphatic rings. The van der Waals surface area contributed by atoms with Crippen LogP contribution in [0.3, 0.4) is 0 Å². The second-order valence-electron chi connectivity index (χ2n) is 10.7. The Morgan fingerprint density at radius 1 is 1.05 bits per heavy atom. The number of aromatic nitrogens is 2. The third-order valence-corrected chi connectivity index (χ3v) is 7.74. The number of fused-ring (bicyclic) bond motifs is 1. The van der Waals surface area contributed by atoms with E-state index in [1.807, 2.05) is 54.2 Å². The number of likely N-dealkylation sites (tertiary alicyclic amines) is 1. The number of imidazole rings is 1. The van der Waals surface area contributed by atoms with Gasteiger partial charge in [-0.3, -0.25) is 14.9 Å². The molecule has 4 aromatic rings. The molecule has 1 saturated heterocycles. The summed E-state index contributed by atoms with van der Waals surface area (Å²) in [6, 6.07) is 20.5. The fraction of sp³-hybridized carbons (Fsp3) is 0.250. The van der Waals surface area contributed by atoms with E-state index in [0.717, 1.165) is 41.9 Å². The monoisotopic (exact) mass is 548 g/mol. The quantitative estimate of drug-likeness (QED) is 0.152. The highest BCUT2D eigenvalue weighted by Crippen LogP contribution is 2.39. The minimum Gasteiger partial charge on any atom is -0.354 e. The van der Waals surface area contributed by atoms with Crippen molar-refractivity contribution < 1.29 is 9.72 Å². The Kier molecular flexibility index (Phi) is 7.35. The number of carbonyl (C=O) groups is 1. The molecule has 9 heteroatoms. The van der Waals surface area contributed by atoms with Gasteiger partial charge in [-0.15, -0.1) is 0 Å². The van der Waals surface area contributed by atoms with Crippen molar-refractivity contribution in [2.75, 3.05) is 30.3 Å². The second-order valence-corrected chi connectivity index (χ2v) is 10.7. The Hall–Kier alpha value is -4.76. The first-order chi connectivity index (χ1) is 19.9. The number of carbonyl (C=O) groups excluding carboxylic acids is 1. The molecule has 0 bridgehead atoms. The lowest BCUT2D eigenvalue weighted by molar-refractivity contribution is -0.384. The van der Waals surface area contributed by atoms with Crippen molar-refractivity contribution in [2.24, 2.45) is 7.05 Å². The summed E-state index contributed by atoms with van der Waals surface area (Å²) in [5, 5.41) is 17.9. The summed E-state index contributed by atoms with van der Waals surface area (Å²) < 4.78 is 1.90. The van der Waals surface area contributed by atoms with Crippen LogP contribution in [0.1, 0.15) is 36.0 Å². The first kappa shape index (κ1) is 26.5. The Morgan fingerprint density at radius 3 is 2.49 bits per heavy atom. The Morgan fingerprint density at radius 2 is 1.80 bits per heavy atom. The van der Waals surface area contributed by atoms with Gasteiger partial charge in [-0.05, 0) is 74.6 Å². The third kappa shape index (κ3) is 5.76. The van der Waals surface area contributed by atoms with E-state index in [1.165, 1.54) is 43.6 Å². The lowest BCUT2D eigenvalue weighted by atomic mass is 9.98. The summed E-state index contributed by atoms with van der Waals surface area (Å²) in [6.45, 7) is 3.51. The molecule has 6 rings (SSSR count). The van der Waals surface area contributed by atoms with Crippen LogP contribution in [0.4, 0.5) is 17.1 Å². The minimum atomic E-state index is -0.443. The third-order valence-electron chi connectivity index (χ3n) is 7.74. The Bertz CT molecular complexity index is 1620. The molecule has 0 spiro atoms. The zero-order chi connectivity index (χ0) is 28.3. The van der Waals surface area contributed by atoms with E-state index >= 15 is 0 Å². The number of amides is 1. The highest BCUT2D eigenvalue weighted by atomic mass is 16.6. The van der Waals surface area contributed by atoms with Gasteiger partial charge in [0.25, 0.3) is 11.6 Å². The number of benzene rings is 3. The summed E-state index contributed by atoms with van der Waals surface area (Å²) in [5.41, 5.74) is 6.66. The number of hydrogen-bond acceptors (Lipinski definition) is 6. The average Bonchev–Trinajstić information content (AvgIpc) is 3.72. The fourth-order valence-corrected chi connectivity index (χ4v) is 5.58. The maximum absolute atomic E-state index is 13.3. The van der Waals surface area contributed by atoms with Crippen LogP contribution in [0.15, 0.2) is 79.3 Å². The molecule has 41 heavy (non-hydrogen) atoms. The number of aryl methyl sites for hydroxylation is 2. The van der Waals surface area contributed by atoms with Gasteiger partial charge in [0, 0.05) is 47.9 Å². The van der Waals surface area contributed by atoms with Gasteiger partial charge in [0.15, 0.2) is 0 Å². The summed E-state index contributed by atoms with van der Waals surface area (Å²) >= 11 is 0. The second kappa shape index (κ2) is 11.4. The summed E-state index contributed by atoms with van der Waals surface area (Å²) in [5.74, 6) is -0.303. The molecule has 1 aromatic heterocycles. The molecule has 0 unspecified atom stereocenters. The van der Waals surface area contributed by atoms with Gasteiger partial charge in [-0.25, -0.2) is 4.98 Å². The van der Waals surface area contributed by atoms with E-state index in [1.54, 1.807) is 12.4 Å². The number of nitro groups is 1. The van der Waals surface area contributed by atoms with Crippen molar-refractivity contribution in [3.8, 4) is 11.3 Å². The molecule has 208 valence electrons. The standard InChI is InChI=1S/C32H32N6O3/c1-36-20-29(33-21-36)23-10-12-25(13-11-23)34-31(30-27-19-26(38(40)41)14-15-28(27)35-32(30)39)24-8-6-22(7-9-24)5-4-18-37-16-2-3-17-37/h6-15,19-21,34H,2-5,16-18H2,1H3,(H,35,39)/b31-30-. The Labute approximate surface area is 238 Å². The first-order valence-corrected chi connectivity index (χ1v) is 14.0. The van der Waals surface area contributed by atoms with Crippen molar-refractivity contribution in [3.63, 3.8) is 0 Å². The lowest BCUT2D eigenvalue weighted by Crippen LogP contribution is -2.20.